The first-order valence-electron chi connectivity index (χ1n) is 6.32. The van der Waals surface area contributed by atoms with Gasteiger partial charge in [0, 0.05) is 18.4 Å². The van der Waals surface area contributed by atoms with Crippen molar-refractivity contribution in [3.8, 4) is 5.75 Å². The first kappa shape index (κ1) is 13.9. The standard InChI is InChI=1S/C16H18N2O2/c1-11-7-4-5-9-13(11)18(2)16(19)15-12(17)8-6-10-14(15)20-3/h4-10H,17H2,1-3H3. The molecule has 2 rings (SSSR count). The predicted molar refractivity (Wildman–Crippen MR) is 81.3 cm³/mol. The van der Waals surface area contributed by atoms with Crippen LogP contribution in [0.4, 0.5) is 11.4 Å². The molecular weight excluding hydrogens is 252 g/mol. The lowest BCUT2D eigenvalue weighted by atomic mass is 10.1. The van der Waals surface area contributed by atoms with E-state index in [1.54, 1.807) is 30.1 Å². The molecule has 0 heterocycles. The van der Waals surface area contributed by atoms with Crippen molar-refractivity contribution in [2.24, 2.45) is 0 Å². The number of aryl methyl sites for hydroxylation is 1. The monoisotopic (exact) mass is 270 g/mol. The molecular formula is C16H18N2O2. The first-order chi connectivity index (χ1) is 9.56. The van der Waals surface area contributed by atoms with Crippen LogP contribution in [-0.4, -0.2) is 20.1 Å². The van der Waals surface area contributed by atoms with Gasteiger partial charge < -0.3 is 15.4 Å². The summed E-state index contributed by atoms with van der Waals surface area (Å²) in [5.74, 6) is 0.296. The minimum Gasteiger partial charge on any atom is -0.496 e. The van der Waals surface area contributed by atoms with Gasteiger partial charge in [0.15, 0.2) is 0 Å². The molecule has 0 saturated carbocycles. The van der Waals surface area contributed by atoms with E-state index in [1.165, 1.54) is 7.11 Å². The number of carbonyl (C=O) groups is 1. The third-order valence-corrected chi connectivity index (χ3v) is 3.27. The Hall–Kier alpha value is -2.49. The number of para-hydroxylation sites is 1. The number of hydrogen-bond acceptors (Lipinski definition) is 3. The predicted octanol–water partition coefficient (Wildman–Crippen LogP) is 2.86. The van der Waals surface area contributed by atoms with E-state index in [0.29, 0.717) is 17.0 Å². The Morgan fingerprint density at radius 2 is 1.85 bits per heavy atom. The molecule has 0 unspecified atom stereocenters. The zero-order valence-electron chi connectivity index (χ0n) is 11.9. The fraction of sp³-hybridized carbons (Fsp3) is 0.188. The lowest BCUT2D eigenvalue weighted by molar-refractivity contribution is 0.0991. The second-order valence-electron chi connectivity index (χ2n) is 4.58. The molecule has 0 aliphatic rings. The highest BCUT2D eigenvalue weighted by Crippen LogP contribution is 2.28. The topological polar surface area (TPSA) is 55.6 Å². The van der Waals surface area contributed by atoms with Crippen LogP contribution in [0.5, 0.6) is 5.75 Å². The summed E-state index contributed by atoms with van der Waals surface area (Å²) in [5, 5.41) is 0. The molecule has 0 aromatic heterocycles. The van der Waals surface area contributed by atoms with Crippen molar-refractivity contribution in [3.05, 3.63) is 53.6 Å². The zero-order chi connectivity index (χ0) is 14.7. The average molecular weight is 270 g/mol. The van der Waals surface area contributed by atoms with Crippen molar-refractivity contribution in [2.45, 2.75) is 6.92 Å². The molecule has 4 heteroatoms. The molecule has 104 valence electrons. The van der Waals surface area contributed by atoms with Gasteiger partial charge in [-0.15, -0.1) is 0 Å². The van der Waals surface area contributed by atoms with Crippen LogP contribution in [0.3, 0.4) is 0 Å². The minimum absolute atomic E-state index is 0.186. The SMILES string of the molecule is COc1cccc(N)c1C(=O)N(C)c1ccccc1C. The van der Waals surface area contributed by atoms with Crippen LogP contribution in [0.2, 0.25) is 0 Å². The Labute approximate surface area is 118 Å². The van der Waals surface area contributed by atoms with Crippen molar-refractivity contribution < 1.29 is 9.53 Å². The Kier molecular flexibility index (Phi) is 3.94. The maximum Gasteiger partial charge on any atom is 0.263 e. The van der Waals surface area contributed by atoms with Crippen LogP contribution in [0.25, 0.3) is 0 Å². The maximum atomic E-state index is 12.7. The highest BCUT2D eigenvalue weighted by atomic mass is 16.5. The van der Waals surface area contributed by atoms with E-state index in [4.69, 9.17) is 10.5 Å². The molecule has 20 heavy (non-hydrogen) atoms. The largest absolute Gasteiger partial charge is 0.496 e. The highest BCUT2D eigenvalue weighted by Gasteiger charge is 2.21. The zero-order valence-corrected chi connectivity index (χ0v) is 11.9. The molecule has 0 saturated heterocycles. The Bertz CT molecular complexity index is 638. The molecule has 0 aliphatic heterocycles. The molecule has 0 fully saturated rings. The summed E-state index contributed by atoms with van der Waals surface area (Å²) < 4.78 is 5.24. The summed E-state index contributed by atoms with van der Waals surface area (Å²) in [5.41, 5.74) is 8.60. The van der Waals surface area contributed by atoms with E-state index in [2.05, 4.69) is 0 Å². The van der Waals surface area contributed by atoms with Gasteiger partial charge in [0.25, 0.3) is 5.91 Å². The summed E-state index contributed by atoms with van der Waals surface area (Å²) in [6.07, 6.45) is 0. The van der Waals surface area contributed by atoms with Gasteiger partial charge in [0.1, 0.15) is 11.3 Å². The molecule has 0 atom stereocenters. The van der Waals surface area contributed by atoms with Gasteiger partial charge in [-0.3, -0.25) is 4.79 Å². The number of anilines is 2. The maximum absolute atomic E-state index is 12.7. The lowest BCUT2D eigenvalue weighted by Crippen LogP contribution is -2.28. The van der Waals surface area contributed by atoms with E-state index in [9.17, 15) is 4.79 Å². The van der Waals surface area contributed by atoms with Gasteiger partial charge in [-0.2, -0.15) is 0 Å². The lowest BCUT2D eigenvalue weighted by Gasteiger charge is -2.21. The van der Waals surface area contributed by atoms with Crippen molar-refractivity contribution in [3.63, 3.8) is 0 Å². The second kappa shape index (κ2) is 5.65. The van der Waals surface area contributed by atoms with Gasteiger partial charge in [0.2, 0.25) is 0 Å². The van der Waals surface area contributed by atoms with Gasteiger partial charge in [-0.1, -0.05) is 24.3 Å². The van der Waals surface area contributed by atoms with Crippen LogP contribution in [0, 0.1) is 6.92 Å². The molecule has 1 amide bonds. The van der Waals surface area contributed by atoms with Crippen molar-refractivity contribution in [2.75, 3.05) is 24.8 Å². The number of ether oxygens (including phenoxy) is 1. The smallest absolute Gasteiger partial charge is 0.263 e. The second-order valence-corrected chi connectivity index (χ2v) is 4.58. The number of hydrogen-bond donors (Lipinski definition) is 1. The number of amides is 1. The Balaban J connectivity index is 2.44. The molecule has 0 bridgehead atoms. The number of methoxy groups -OCH3 is 1. The van der Waals surface area contributed by atoms with Gasteiger partial charge >= 0.3 is 0 Å². The van der Waals surface area contributed by atoms with Gasteiger partial charge in [-0.25, -0.2) is 0 Å². The summed E-state index contributed by atoms with van der Waals surface area (Å²) in [6.45, 7) is 1.96. The molecule has 0 spiro atoms. The normalized spacial score (nSPS) is 10.2. The molecule has 2 aromatic rings. The summed E-state index contributed by atoms with van der Waals surface area (Å²) in [6, 6.07) is 12.9. The molecule has 4 nitrogen and oxygen atoms in total. The van der Waals surface area contributed by atoms with Crippen LogP contribution >= 0.6 is 0 Å². The summed E-state index contributed by atoms with van der Waals surface area (Å²) in [7, 11) is 3.26. The molecule has 0 aliphatic carbocycles. The summed E-state index contributed by atoms with van der Waals surface area (Å²) >= 11 is 0. The van der Waals surface area contributed by atoms with Crippen LogP contribution < -0.4 is 15.4 Å². The quantitative estimate of drug-likeness (QED) is 0.872. The van der Waals surface area contributed by atoms with Crippen LogP contribution in [0.1, 0.15) is 15.9 Å². The van der Waals surface area contributed by atoms with E-state index < -0.39 is 0 Å². The van der Waals surface area contributed by atoms with E-state index in [0.717, 1.165) is 11.3 Å². The number of carbonyl (C=O) groups excluding carboxylic acids is 1. The number of nitrogens with two attached hydrogens (primary N) is 1. The fourth-order valence-corrected chi connectivity index (χ4v) is 2.16. The molecule has 2 aromatic carbocycles. The third-order valence-electron chi connectivity index (χ3n) is 3.27. The number of nitrogens with zero attached hydrogens (tertiary/aromatic N) is 1. The van der Waals surface area contributed by atoms with Crippen LogP contribution in [-0.2, 0) is 0 Å². The summed E-state index contributed by atoms with van der Waals surface area (Å²) in [4.78, 5) is 14.3. The fourth-order valence-electron chi connectivity index (χ4n) is 2.16. The third kappa shape index (κ3) is 2.45. The van der Waals surface area contributed by atoms with E-state index >= 15 is 0 Å². The minimum atomic E-state index is -0.186. The Morgan fingerprint density at radius 1 is 1.15 bits per heavy atom. The van der Waals surface area contributed by atoms with Gasteiger partial charge in [0.05, 0.1) is 7.11 Å². The number of nitrogen functional groups attached to an aromatic ring is 1. The average Bonchev–Trinajstić information content (AvgIpc) is 2.46. The van der Waals surface area contributed by atoms with E-state index in [-0.39, 0.29) is 5.91 Å². The van der Waals surface area contributed by atoms with Crippen LogP contribution in [0.15, 0.2) is 42.5 Å². The van der Waals surface area contributed by atoms with Crippen molar-refractivity contribution in [1.29, 1.82) is 0 Å². The first-order valence-corrected chi connectivity index (χ1v) is 6.32. The van der Waals surface area contributed by atoms with Crippen molar-refractivity contribution in [1.82, 2.24) is 0 Å². The number of benzene rings is 2. The van der Waals surface area contributed by atoms with Gasteiger partial charge in [-0.05, 0) is 30.7 Å². The highest BCUT2D eigenvalue weighted by molar-refractivity contribution is 6.11. The van der Waals surface area contributed by atoms with Crippen molar-refractivity contribution >= 4 is 17.3 Å². The van der Waals surface area contributed by atoms with E-state index in [1.807, 2.05) is 31.2 Å². The number of rotatable bonds is 3. The Morgan fingerprint density at radius 3 is 2.50 bits per heavy atom. The molecule has 0 radical (unpaired) electrons. The molecule has 2 N–H and O–H groups in total.